The lowest BCUT2D eigenvalue weighted by molar-refractivity contribution is 0.171. The van der Waals surface area contributed by atoms with E-state index in [2.05, 4.69) is 14.9 Å². The highest BCUT2D eigenvalue weighted by atomic mass is 32.2. The second-order valence-corrected chi connectivity index (χ2v) is 7.52. The van der Waals surface area contributed by atoms with Crippen molar-refractivity contribution in [2.24, 2.45) is 0 Å². The van der Waals surface area contributed by atoms with Crippen LogP contribution in [0.4, 0.5) is 5.69 Å². The molecular formula is C17H17N3O5S. The summed E-state index contributed by atoms with van der Waals surface area (Å²) in [5, 5.41) is 6.81. The number of fused-ring (bicyclic) bond motifs is 1. The molecule has 0 bridgehead atoms. The summed E-state index contributed by atoms with van der Waals surface area (Å²) < 4.78 is 44.1. The number of anilines is 1. The van der Waals surface area contributed by atoms with Crippen LogP contribution in [0.2, 0.25) is 0 Å². The second kappa shape index (κ2) is 6.10. The van der Waals surface area contributed by atoms with E-state index in [1.807, 2.05) is 13.8 Å². The summed E-state index contributed by atoms with van der Waals surface area (Å²) in [4.78, 5) is 0. The van der Waals surface area contributed by atoms with Crippen LogP contribution < -0.4 is 14.2 Å². The average molecular weight is 375 g/mol. The van der Waals surface area contributed by atoms with Gasteiger partial charge in [-0.15, -0.1) is 0 Å². The van der Waals surface area contributed by atoms with Gasteiger partial charge in [-0.1, -0.05) is 0 Å². The lowest BCUT2D eigenvalue weighted by Crippen LogP contribution is -2.16. The van der Waals surface area contributed by atoms with E-state index in [1.54, 1.807) is 24.3 Å². The number of aromatic amines is 1. The standard InChI is InChI=1S/C17H17N3O5S/c1-10-11(2)18-19-17(10)14-5-6-16(25-14)26(21,22)20-12-3-4-13-15(9-12)24-8-7-23-13/h3-6,9,20H,7-8H2,1-2H3,(H,18,19). The Hall–Kier alpha value is -2.94. The summed E-state index contributed by atoms with van der Waals surface area (Å²) in [5.74, 6) is 1.47. The van der Waals surface area contributed by atoms with Crippen molar-refractivity contribution in [1.82, 2.24) is 10.2 Å². The Morgan fingerprint density at radius 3 is 2.58 bits per heavy atom. The van der Waals surface area contributed by atoms with Crippen molar-refractivity contribution in [3.63, 3.8) is 0 Å². The van der Waals surface area contributed by atoms with Crippen LogP contribution in [0, 0.1) is 13.8 Å². The summed E-state index contributed by atoms with van der Waals surface area (Å²) in [6.45, 7) is 4.67. The zero-order valence-corrected chi connectivity index (χ0v) is 15.0. The fraction of sp³-hybridized carbons (Fsp3) is 0.235. The van der Waals surface area contributed by atoms with Crippen LogP contribution in [-0.4, -0.2) is 31.8 Å². The monoisotopic (exact) mass is 375 g/mol. The molecule has 1 aliphatic heterocycles. The molecule has 0 unspecified atom stereocenters. The van der Waals surface area contributed by atoms with E-state index in [9.17, 15) is 8.42 Å². The predicted molar refractivity (Wildman–Crippen MR) is 94.0 cm³/mol. The topological polar surface area (TPSA) is 106 Å². The van der Waals surface area contributed by atoms with Gasteiger partial charge >= 0.3 is 0 Å². The number of rotatable bonds is 4. The van der Waals surface area contributed by atoms with Crippen LogP contribution >= 0.6 is 0 Å². The highest BCUT2D eigenvalue weighted by Gasteiger charge is 2.22. The number of nitrogens with zero attached hydrogens (tertiary/aromatic N) is 1. The molecule has 3 aromatic rings. The van der Waals surface area contributed by atoms with Crippen LogP contribution in [0.1, 0.15) is 11.3 Å². The Labute approximate surface area is 150 Å². The SMILES string of the molecule is Cc1[nH]nc(-c2ccc(S(=O)(=O)Nc3ccc4c(c3)OCCO4)o2)c1C. The van der Waals surface area contributed by atoms with Crippen LogP contribution in [0.3, 0.4) is 0 Å². The molecule has 0 amide bonds. The summed E-state index contributed by atoms with van der Waals surface area (Å²) >= 11 is 0. The first-order valence-corrected chi connectivity index (χ1v) is 9.46. The maximum absolute atomic E-state index is 12.6. The van der Waals surface area contributed by atoms with Gasteiger partial charge in [0.2, 0.25) is 5.09 Å². The van der Waals surface area contributed by atoms with E-state index in [-0.39, 0.29) is 5.09 Å². The van der Waals surface area contributed by atoms with Gasteiger partial charge in [-0.25, -0.2) is 0 Å². The number of aromatic nitrogens is 2. The highest BCUT2D eigenvalue weighted by Crippen LogP contribution is 2.34. The van der Waals surface area contributed by atoms with Gasteiger partial charge in [-0.2, -0.15) is 13.5 Å². The van der Waals surface area contributed by atoms with Crippen LogP contribution in [-0.2, 0) is 10.0 Å². The fourth-order valence-corrected chi connectivity index (χ4v) is 3.61. The van der Waals surface area contributed by atoms with E-state index in [0.717, 1.165) is 11.3 Å². The molecule has 1 aromatic carbocycles. The maximum atomic E-state index is 12.6. The van der Waals surface area contributed by atoms with E-state index < -0.39 is 10.0 Å². The molecule has 8 nitrogen and oxygen atoms in total. The minimum absolute atomic E-state index is 0.192. The van der Waals surface area contributed by atoms with Crippen molar-refractivity contribution in [1.29, 1.82) is 0 Å². The second-order valence-electron chi connectivity index (χ2n) is 5.90. The molecule has 0 radical (unpaired) electrons. The molecule has 1 aliphatic rings. The first-order chi connectivity index (χ1) is 12.4. The molecule has 9 heteroatoms. The summed E-state index contributed by atoms with van der Waals surface area (Å²) in [6.07, 6.45) is 0. The number of aryl methyl sites for hydroxylation is 1. The van der Waals surface area contributed by atoms with Gasteiger partial charge < -0.3 is 13.9 Å². The quantitative estimate of drug-likeness (QED) is 0.726. The summed E-state index contributed by atoms with van der Waals surface area (Å²) in [7, 11) is -3.88. The van der Waals surface area contributed by atoms with Gasteiger partial charge in [0.05, 0.1) is 5.69 Å². The largest absolute Gasteiger partial charge is 0.486 e. The molecular weight excluding hydrogens is 358 g/mol. The molecule has 136 valence electrons. The minimum Gasteiger partial charge on any atom is -0.486 e. The van der Waals surface area contributed by atoms with Gasteiger partial charge in [0.1, 0.15) is 18.9 Å². The Balaban J connectivity index is 1.60. The Morgan fingerprint density at radius 2 is 1.85 bits per heavy atom. The number of sulfonamides is 1. The van der Waals surface area contributed by atoms with Crippen molar-refractivity contribution in [3.8, 4) is 23.0 Å². The number of nitrogens with one attached hydrogen (secondary N) is 2. The number of ether oxygens (including phenoxy) is 2. The third-order valence-electron chi connectivity index (χ3n) is 4.13. The van der Waals surface area contributed by atoms with Gasteiger partial charge in [0.25, 0.3) is 10.0 Å². The molecule has 0 spiro atoms. The molecule has 0 aliphatic carbocycles. The molecule has 2 N–H and O–H groups in total. The number of hydrogen-bond donors (Lipinski definition) is 2. The lowest BCUT2D eigenvalue weighted by Gasteiger charge is -2.19. The van der Waals surface area contributed by atoms with Crippen LogP contribution in [0.5, 0.6) is 11.5 Å². The van der Waals surface area contributed by atoms with Crippen molar-refractivity contribution in [3.05, 3.63) is 41.6 Å². The first kappa shape index (κ1) is 16.5. The summed E-state index contributed by atoms with van der Waals surface area (Å²) in [5.41, 5.74) is 2.75. The number of H-pyrrole nitrogens is 1. The van der Waals surface area contributed by atoms with Gasteiger partial charge in [0.15, 0.2) is 17.3 Å². The predicted octanol–water partition coefficient (Wildman–Crippen LogP) is 2.86. The van der Waals surface area contributed by atoms with Gasteiger partial charge in [0, 0.05) is 17.3 Å². The van der Waals surface area contributed by atoms with E-state index >= 15 is 0 Å². The Morgan fingerprint density at radius 1 is 1.08 bits per heavy atom. The van der Waals surface area contributed by atoms with E-state index in [4.69, 9.17) is 13.9 Å². The molecule has 0 saturated heterocycles. The van der Waals surface area contributed by atoms with Crippen LogP contribution in [0.25, 0.3) is 11.5 Å². The number of furan rings is 1. The zero-order chi connectivity index (χ0) is 18.3. The smallest absolute Gasteiger partial charge is 0.295 e. The van der Waals surface area contributed by atoms with E-state index in [1.165, 1.54) is 6.07 Å². The molecule has 0 fully saturated rings. The Kier molecular flexibility index (Phi) is 3.87. The molecule has 3 heterocycles. The lowest BCUT2D eigenvalue weighted by atomic mass is 10.2. The van der Waals surface area contributed by atoms with Gasteiger partial charge in [-0.05, 0) is 38.1 Å². The normalized spacial score (nSPS) is 13.6. The first-order valence-electron chi connectivity index (χ1n) is 7.98. The van der Waals surface area contributed by atoms with Crippen LogP contribution in [0.15, 0.2) is 39.8 Å². The highest BCUT2D eigenvalue weighted by molar-refractivity contribution is 7.92. The van der Waals surface area contributed by atoms with Gasteiger partial charge in [-0.3, -0.25) is 9.82 Å². The molecule has 0 atom stereocenters. The van der Waals surface area contributed by atoms with Crippen molar-refractivity contribution in [2.75, 3.05) is 17.9 Å². The maximum Gasteiger partial charge on any atom is 0.295 e. The summed E-state index contributed by atoms with van der Waals surface area (Å²) in [6, 6.07) is 7.84. The van der Waals surface area contributed by atoms with E-state index in [0.29, 0.717) is 41.9 Å². The number of hydrogen-bond acceptors (Lipinski definition) is 6. The van der Waals surface area contributed by atoms with Crippen molar-refractivity contribution in [2.45, 2.75) is 18.9 Å². The Bertz CT molecular complexity index is 1070. The third-order valence-corrected chi connectivity index (χ3v) is 5.38. The average Bonchev–Trinajstić information content (AvgIpc) is 3.23. The van der Waals surface area contributed by atoms with Crippen molar-refractivity contribution >= 4 is 15.7 Å². The molecule has 2 aromatic heterocycles. The third kappa shape index (κ3) is 2.90. The number of benzene rings is 1. The van der Waals surface area contributed by atoms with Crippen molar-refractivity contribution < 1.29 is 22.3 Å². The zero-order valence-electron chi connectivity index (χ0n) is 14.2. The molecule has 0 saturated carbocycles. The molecule has 4 rings (SSSR count). The fourth-order valence-electron chi connectivity index (χ4n) is 2.63. The molecule has 26 heavy (non-hydrogen) atoms. The minimum atomic E-state index is -3.88.